The van der Waals surface area contributed by atoms with Crippen molar-refractivity contribution >= 4 is 5.84 Å². The Hall–Kier alpha value is -1.59. The van der Waals surface area contributed by atoms with E-state index in [9.17, 15) is 0 Å². The van der Waals surface area contributed by atoms with E-state index >= 15 is 0 Å². The summed E-state index contributed by atoms with van der Waals surface area (Å²) in [6.07, 6.45) is 0. The Morgan fingerprint density at radius 1 is 1.40 bits per heavy atom. The molecule has 0 amide bonds. The minimum absolute atomic E-state index is 0.104. The minimum Gasteiger partial charge on any atom is -0.409 e. The largest absolute Gasteiger partial charge is 0.409 e. The Morgan fingerprint density at radius 2 is 2.10 bits per heavy atom. The normalized spacial score (nSPS) is 12.9. The van der Waals surface area contributed by atoms with Crippen molar-refractivity contribution in [3.63, 3.8) is 0 Å². The summed E-state index contributed by atoms with van der Waals surface area (Å²) >= 11 is 0. The molecule has 112 valence electrons. The van der Waals surface area contributed by atoms with E-state index in [4.69, 9.17) is 15.7 Å². The first-order valence-corrected chi connectivity index (χ1v) is 6.71. The van der Waals surface area contributed by atoms with Crippen LogP contribution in [0.3, 0.4) is 0 Å². The van der Waals surface area contributed by atoms with Crippen LogP contribution in [0.4, 0.5) is 0 Å². The maximum Gasteiger partial charge on any atom is 0.170 e. The van der Waals surface area contributed by atoms with Crippen LogP contribution in [0.5, 0.6) is 0 Å². The smallest absolute Gasteiger partial charge is 0.170 e. The second-order valence-corrected chi connectivity index (χ2v) is 5.88. The van der Waals surface area contributed by atoms with Crippen LogP contribution in [0.25, 0.3) is 0 Å². The van der Waals surface area contributed by atoms with Crippen LogP contribution >= 0.6 is 0 Å². The number of nitrogens with two attached hydrogens (primary N) is 1. The molecule has 0 bridgehead atoms. The summed E-state index contributed by atoms with van der Waals surface area (Å²) in [5.74, 6) is 0.130. The molecule has 1 aromatic carbocycles. The molecular formula is C15H25N3O2. The van der Waals surface area contributed by atoms with Crippen molar-refractivity contribution in [3.05, 3.63) is 35.4 Å². The number of nitrogens with zero attached hydrogens (tertiary/aromatic N) is 2. The van der Waals surface area contributed by atoms with Gasteiger partial charge >= 0.3 is 0 Å². The molecule has 0 aromatic heterocycles. The third-order valence-electron chi connectivity index (χ3n) is 2.79. The molecule has 20 heavy (non-hydrogen) atoms. The fraction of sp³-hybridized carbons (Fsp3) is 0.533. The monoisotopic (exact) mass is 279 g/mol. The average Bonchev–Trinajstić information content (AvgIpc) is 2.36. The van der Waals surface area contributed by atoms with E-state index in [2.05, 4.69) is 10.1 Å². The van der Waals surface area contributed by atoms with Crippen LogP contribution in [-0.4, -0.2) is 41.7 Å². The minimum atomic E-state index is -0.104. The van der Waals surface area contributed by atoms with Gasteiger partial charge in [0.05, 0.1) is 12.2 Å². The van der Waals surface area contributed by atoms with Crippen molar-refractivity contribution in [1.29, 1.82) is 0 Å². The first-order chi connectivity index (χ1) is 9.31. The molecule has 0 atom stereocenters. The molecule has 0 aliphatic carbocycles. The van der Waals surface area contributed by atoms with Gasteiger partial charge in [0.2, 0.25) is 0 Å². The fourth-order valence-corrected chi connectivity index (χ4v) is 1.79. The molecule has 0 aliphatic rings. The Kier molecular flexibility index (Phi) is 5.98. The highest BCUT2D eigenvalue weighted by atomic mass is 16.5. The van der Waals surface area contributed by atoms with E-state index in [1.807, 2.05) is 52.1 Å². The molecule has 5 heteroatoms. The van der Waals surface area contributed by atoms with Gasteiger partial charge in [0.25, 0.3) is 0 Å². The third-order valence-corrected chi connectivity index (χ3v) is 2.79. The van der Waals surface area contributed by atoms with Gasteiger partial charge in [-0.15, -0.1) is 0 Å². The molecule has 0 saturated carbocycles. The lowest BCUT2D eigenvalue weighted by Crippen LogP contribution is -2.28. The van der Waals surface area contributed by atoms with Crippen molar-refractivity contribution < 1.29 is 9.94 Å². The summed E-state index contributed by atoms with van der Waals surface area (Å²) in [7, 11) is 2.04. The van der Waals surface area contributed by atoms with Crippen molar-refractivity contribution in [2.75, 3.05) is 20.2 Å². The molecule has 0 heterocycles. The van der Waals surface area contributed by atoms with Crippen LogP contribution < -0.4 is 5.73 Å². The second kappa shape index (κ2) is 7.26. The Bertz CT molecular complexity index is 453. The van der Waals surface area contributed by atoms with Gasteiger partial charge in [0, 0.05) is 18.7 Å². The second-order valence-electron chi connectivity index (χ2n) is 5.88. The van der Waals surface area contributed by atoms with Gasteiger partial charge in [-0.1, -0.05) is 23.4 Å². The van der Waals surface area contributed by atoms with E-state index in [1.165, 1.54) is 0 Å². The molecule has 0 spiro atoms. The van der Waals surface area contributed by atoms with Gasteiger partial charge in [-0.2, -0.15) is 0 Å². The van der Waals surface area contributed by atoms with Gasteiger partial charge in [-0.3, -0.25) is 4.90 Å². The van der Waals surface area contributed by atoms with Crippen LogP contribution in [0.1, 0.15) is 31.9 Å². The predicted octanol–water partition coefficient (Wildman–Crippen LogP) is 2.03. The molecule has 0 aliphatic heterocycles. The highest BCUT2D eigenvalue weighted by Crippen LogP contribution is 2.09. The average molecular weight is 279 g/mol. The van der Waals surface area contributed by atoms with E-state index in [-0.39, 0.29) is 11.4 Å². The number of rotatable bonds is 6. The van der Waals surface area contributed by atoms with Gasteiger partial charge in [-0.05, 0) is 39.4 Å². The van der Waals surface area contributed by atoms with Crippen molar-refractivity contribution in [1.82, 2.24) is 4.90 Å². The summed E-state index contributed by atoms with van der Waals surface area (Å²) in [6.45, 7) is 8.49. The molecule has 1 rings (SSSR count). The summed E-state index contributed by atoms with van der Waals surface area (Å²) < 4.78 is 5.70. The fourth-order valence-electron chi connectivity index (χ4n) is 1.79. The summed E-state index contributed by atoms with van der Waals surface area (Å²) in [4.78, 5) is 2.18. The molecule has 0 saturated heterocycles. The van der Waals surface area contributed by atoms with Crippen molar-refractivity contribution in [2.45, 2.75) is 32.9 Å². The summed E-state index contributed by atoms with van der Waals surface area (Å²) in [5.41, 5.74) is 7.33. The Labute approximate surface area is 121 Å². The topological polar surface area (TPSA) is 71.1 Å². The summed E-state index contributed by atoms with van der Waals surface area (Å²) in [5, 5.41) is 11.7. The standard InChI is InChI=1S/C15H25N3O2/c1-15(2,3)20-9-8-18(4)11-12-6-5-7-13(10-12)14(16)17-19/h5-7,10,19H,8-9,11H2,1-4H3,(H2,16,17). The number of benzene rings is 1. The lowest BCUT2D eigenvalue weighted by atomic mass is 10.1. The molecule has 1 aromatic rings. The zero-order valence-electron chi connectivity index (χ0n) is 12.8. The number of amidine groups is 1. The zero-order chi connectivity index (χ0) is 15.2. The summed E-state index contributed by atoms with van der Waals surface area (Å²) in [6, 6.07) is 7.68. The lowest BCUT2D eigenvalue weighted by molar-refractivity contribution is -0.0113. The van der Waals surface area contributed by atoms with Crippen molar-refractivity contribution in [2.24, 2.45) is 10.9 Å². The van der Waals surface area contributed by atoms with Gasteiger partial charge in [0.15, 0.2) is 5.84 Å². The van der Waals surface area contributed by atoms with Crippen LogP contribution in [0.2, 0.25) is 0 Å². The van der Waals surface area contributed by atoms with Crippen LogP contribution in [-0.2, 0) is 11.3 Å². The van der Waals surface area contributed by atoms with Crippen LogP contribution in [0.15, 0.2) is 29.4 Å². The Balaban J connectivity index is 2.52. The lowest BCUT2D eigenvalue weighted by Gasteiger charge is -2.23. The molecule has 0 fully saturated rings. The van der Waals surface area contributed by atoms with Gasteiger partial charge in [-0.25, -0.2) is 0 Å². The molecule has 0 radical (unpaired) electrons. The van der Waals surface area contributed by atoms with Gasteiger partial charge < -0.3 is 15.7 Å². The number of oxime groups is 1. The first kappa shape index (κ1) is 16.5. The quantitative estimate of drug-likeness (QED) is 0.362. The van der Waals surface area contributed by atoms with Gasteiger partial charge in [0.1, 0.15) is 0 Å². The maximum atomic E-state index is 8.69. The number of hydrogen-bond acceptors (Lipinski definition) is 4. The predicted molar refractivity (Wildman–Crippen MR) is 81.0 cm³/mol. The maximum absolute atomic E-state index is 8.69. The molecule has 5 nitrogen and oxygen atoms in total. The number of ether oxygens (including phenoxy) is 1. The van der Waals surface area contributed by atoms with Crippen LogP contribution in [0, 0.1) is 0 Å². The molecular weight excluding hydrogens is 254 g/mol. The molecule has 0 unspecified atom stereocenters. The van der Waals surface area contributed by atoms with E-state index in [0.717, 1.165) is 24.2 Å². The highest BCUT2D eigenvalue weighted by molar-refractivity contribution is 5.97. The third kappa shape index (κ3) is 6.04. The Morgan fingerprint density at radius 3 is 2.70 bits per heavy atom. The zero-order valence-corrected chi connectivity index (χ0v) is 12.8. The first-order valence-electron chi connectivity index (χ1n) is 6.71. The van der Waals surface area contributed by atoms with E-state index in [0.29, 0.717) is 6.61 Å². The van der Waals surface area contributed by atoms with E-state index in [1.54, 1.807) is 0 Å². The van der Waals surface area contributed by atoms with E-state index < -0.39 is 0 Å². The highest BCUT2D eigenvalue weighted by Gasteiger charge is 2.10. The number of likely N-dealkylation sites (N-methyl/N-ethyl adjacent to an activating group) is 1. The number of hydrogen-bond donors (Lipinski definition) is 2. The molecule has 3 N–H and O–H groups in total. The van der Waals surface area contributed by atoms with Crippen molar-refractivity contribution in [3.8, 4) is 0 Å². The SMILES string of the molecule is CN(CCOC(C)(C)C)Cc1cccc(/C(N)=N/O)c1.